The van der Waals surface area contributed by atoms with Crippen molar-refractivity contribution in [3.63, 3.8) is 0 Å². The van der Waals surface area contributed by atoms with Gasteiger partial charge in [-0.3, -0.25) is 4.79 Å². The first-order chi connectivity index (χ1) is 9.13. The second-order valence-corrected chi connectivity index (χ2v) is 4.84. The molecule has 0 bridgehead atoms. The molecule has 3 N–H and O–H groups in total. The van der Waals surface area contributed by atoms with Gasteiger partial charge < -0.3 is 16.0 Å². The maximum Gasteiger partial charge on any atom is 0.219 e. The maximum atomic E-state index is 11.2. The highest BCUT2D eigenvalue weighted by Crippen LogP contribution is 2.14. The van der Waals surface area contributed by atoms with Gasteiger partial charge in [0.1, 0.15) is 0 Å². The average molecular weight is 279 g/mol. The Labute approximate surface area is 120 Å². The lowest BCUT2D eigenvalue weighted by Gasteiger charge is -2.24. The second-order valence-electron chi connectivity index (χ2n) is 4.32. The molecule has 0 aromatic heterocycles. The number of anilines is 1. The van der Waals surface area contributed by atoms with E-state index >= 15 is 0 Å². The molecular weight excluding hydrogens is 258 g/mol. The number of benzene rings is 1. The van der Waals surface area contributed by atoms with E-state index in [1.165, 1.54) is 0 Å². The zero-order valence-corrected chi connectivity index (χ0v) is 12.1. The fourth-order valence-electron chi connectivity index (χ4n) is 1.81. The third-order valence-electron chi connectivity index (χ3n) is 2.86. The zero-order chi connectivity index (χ0) is 14.1. The molecule has 1 amide bonds. The summed E-state index contributed by atoms with van der Waals surface area (Å²) in [6.45, 7) is 1.60. The molecule has 104 valence electrons. The molecule has 0 fully saturated rings. The van der Waals surface area contributed by atoms with Gasteiger partial charge in [-0.2, -0.15) is 0 Å². The molecule has 1 rings (SSSR count). The number of thiocarbonyl (C=S) groups is 1. The van der Waals surface area contributed by atoms with E-state index in [0.717, 1.165) is 25.2 Å². The van der Waals surface area contributed by atoms with E-state index in [0.29, 0.717) is 17.8 Å². The summed E-state index contributed by atoms with van der Waals surface area (Å²) in [5, 5.41) is 2.63. The van der Waals surface area contributed by atoms with Gasteiger partial charge in [0, 0.05) is 38.7 Å². The number of nitrogens with two attached hydrogens (primary N) is 1. The molecule has 1 aromatic carbocycles. The number of carbonyl (C=O) groups excluding carboxylic acids is 1. The summed E-state index contributed by atoms with van der Waals surface area (Å²) < 4.78 is 0. The molecule has 0 saturated carbocycles. The zero-order valence-electron chi connectivity index (χ0n) is 11.3. The molecule has 0 aliphatic carbocycles. The summed E-state index contributed by atoms with van der Waals surface area (Å²) >= 11 is 4.92. The number of amides is 1. The Hall–Kier alpha value is -1.62. The topological polar surface area (TPSA) is 58.4 Å². The first-order valence-electron chi connectivity index (χ1n) is 6.42. The van der Waals surface area contributed by atoms with Gasteiger partial charge in [-0.25, -0.2) is 0 Å². The van der Waals surface area contributed by atoms with Crippen molar-refractivity contribution in [1.82, 2.24) is 5.32 Å². The third kappa shape index (κ3) is 6.20. The van der Waals surface area contributed by atoms with Crippen LogP contribution in [0.3, 0.4) is 0 Å². The Balaban J connectivity index is 2.54. The number of hydrogen-bond donors (Lipinski definition) is 2. The fraction of sp³-hybridized carbons (Fsp3) is 0.429. The van der Waals surface area contributed by atoms with Crippen molar-refractivity contribution >= 4 is 28.8 Å². The van der Waals surface area contributed by atoms with Gasteiger partial charge in [0.05, 0.1) is 4.99 Å². The Kier molecular flexibility index (Phi) is 6.89. The molecule has 19 heavy (non-hydrogen) atoms. The molecule has 1 aromatic rings. The van der Waals surface area contributed by atoms with Crippen LogP contribution < -0.4 is 16.0 Å². The van der Waals surface area contributed by atoms with Crippen LogP contribution in [0.15, 0.2) is 30.3 Å². The van der Waals surface area contributed by atoms with Crippen LogP contribution >= 0.6 is 12.2 Å². The van der Waals surface area contributed by atoms with Crippen molar-refractivity contribution < 1.29 is 4.79 Å². The number of nitrogens with zero attached hydrogens (tertiary/aromatic N) is 1. The Bertz CT molecular complexity index is 408. The van der Waals surface area contributed by atoms with Crippen molar-refractivity contribution in [3.8, 4) is 0 Å². The van der Waals surface area contributed by atoms with E-state index < -0.39 is 0 Å². The van der Waals surface area contributed by atoms with Gasteiger partial charge in [-0.15, -0.1) is 0 Å². The van der Waals surface area contributed by atoms with Crippen molar-refractivity contribution in [1.29, 1.82) is 0 Å². The minimum atomic E-state index is 0.0716. The molecule has 0 radical (unpaired) electrons. The van der Waals surface area contributed by atoms with Crippen LogP contribution in [0.4, 0.5) is 5.69 Å². The minimum Gasteiger partial charge on any atom is -0.393 e. The van der Waals surface area contributed by atoms with Crippen LogP contribution in [0.25, 0.3) is 0 Å². The molecule has 0 heterocycles. The highest BCUT2D eigenvalue weighted by Gasteiger charge is 2.07. The van der Waals surface area contributed by atoms with E-state index in [9.17, 15) is 4.79 Å². The normalized spacial score (nSPS) is 9.95. The number of carbonyl (C=O) groups is 1. The van der Waals surface area contributed by atoms with Crippen molar-refractivity contribution in [3.05, 3.63) is 30.3 Å². The van der Waals surface area contributed by atoms with Gasteiger partial charge >= 0.3 is 0 Å². The van der Waals surface area contributed by atoms with Gasteiger partial charge in [0.2, 0.25) is 5.91 Å². The highest BCUT2D eigenvalue weighted by molar-refractivity contribution is 7.80. The van der Waals surface area contributed by atoms with Gasteiger partial charge in [0.25, 0.3) is 0 Å². The molecule has 0 atom stereocenters. The third-order valence-corrected chi connectivity index (χ3v) is 3.06. The van der Waals surface area contributed by atoms with Crippen LogP contribution in [-0.4, -0.2) is 31.0 Å². The van der Waals surface area contributed by atoms with E-state index in [4.69, 9.17) is 18.0 Å². The van der Waals surface area contributed by atoms with E-state index in [2.05, 4.69) is 22.3 Å². The Morgan fingerprint density at radius 2 is 1.95 bits per heavy atom. The predicted molar refractivity (Wildman–Crippen MR) is 83.4 cm³/mol. The van der Waals surface area contributed by atoms with E-state index in [-0.39, 0.29) is 5.91 Å². The minimum absolute atomic E-state index is 0.0716. The van der Waals surface area contributed by atoms with Gasteiger partial charge in [-0.1, -0.05) is 30.4 Å². The Morgan fingerprint density at radius 1 is 1.26 bits per heavy atom. The smallest absolute Gasteiger partial charge is 0.219 e. The standard InChI is InChI=1S/C14H21N3OS/c1-16-14(18)8-5-10-17(11-9-13(15)19)12-6-3-2-4-7-12/h2-4,6-7H,5,8-11H2,1H3,(H2,15,19)(H,16,18). The Morgan fingerprint density at radius 3 is 2.53 bits per heavy atom. The molecule has 5 heteroatoms. The molecule has 0 aliphatic rings. The van der Waals surface area contributed by atoms with Gasteiger partial charge in [0.15, 0.2) is 0 Å². The monoisotopic (exact) mass is 279 g/mol. The summed E-state index contributed by atoms with van der Waals surface area (Å²) in [7, 11) is 1.66. The number of hydrogen-bond acceptors (Lipinski definition) is 3. The largest absolute Gasteiger partial charge is 0.393 e. The molecule has 0 aliphatic heterocycles. The SMILES string of the molecule is CNC(=O)CCCN(CCC(N)=S)c1ccccc1. The van der Waals surface area contributed by atoms with Crippen LogP contribution in [0.5, 0.6) is 0 Å². The average Bonchev–Trinajstić information content (AvgIpc) is 2.43. The second kappa shape index (κ2) is 8.48. The van der Waals surface area contributed by atoms with E-state index in [1.807, 2.05) is 18.2 Å². The van der Waals surface area contributed by atoms with Gasteiger partial charge in [-0.05, 0) is 18.6 Å². The molecule has 0 spiro atoms. The van der Waals surface area contributed by atoms with Crippen LogP contribution in [-0.2, 0) is 4.79 Å². The molecule has 0 unspecified atom stereocenters. The van der Waals surface area contributed by atoms with Crippen LogP contribution in [0, 0.1) is 0 Å². The first-order valence-corrected chi connectivity index (χ1v) is 6.83. The van der Waals surface area contributed by atoms with Crippen molar-refractivity contribution in [2.45, 2.75) is 19.3 Å². The first kappa shape index (κ1) is 15.4. The quantitative estimate of drug-likeness (QED) is 0.711. The summed E-state index contributed by atoms with van der Waals surface area (Å²) in [4.78, 5) is 14.0. The predicted octanol–water partition coefficient (Wildman–Crippen LogP) is 1.70. The lowest BCUT2D eigenvalue weighted by molar-refractivity contribution is -0.120. The fourth-order valence-corrected chi connectivity index (χ4v) is 1.90. The number of rotatable bonds is 8. The number of para-hydroxylation sites is 1. The lowest BCUT2D eigenvalue weighted by atomic mass is 10.2. The van der Waals surface area contributed by atoms with Crippen LogP contribution in [0.1, 0.15) is 19.3 Å². The van der Waals surface area contributed by atoms with Crippen LogP contribution in [0.2, 0.25) is 0 Å². The van der Waals surface area contributed by atoms with Crippen molar-refractivity contribution in [2.75, 3.05) is 25.0 Å². The number of nitrogens with one attached hydrogen (secondary N) is 1. The highest BCUT2D eigenvalue weighted by atomic mass is 32.1. The summed E-state index contributed by atoms with van der Waals surface area (Å²) in [5.74, 6) is 0.0716. The molecule has 0 saturated heterocycles. The van der Waals surface area contributed by atoms with Crippen molar-refractivity contribution in [2.24, 2.45) is 5.73 Å². The summed E-state index contributed by atoms with van der Waals surface area (Å²) in [6, 6.07) is 10.1. The summed E-state index contributed by atoms with van der Waals surface area (Å²) in [6.07, 6.45) is 2.03. The lowest BCUT2D eigenvalue weighted by Crippen LogP contribution is -2.29. The summed E-state index contributed by atoms with van der Waals surface area (Å²) in [5.41, 5.74) is 6.69. The molecular formula is C14H21N3OS. The molecule has 4 nitrogen and oxygen atoms in total. The van der Waals surface area contributed by atoms with E-state index in [1.54, 1.807) is 7.05 Å². The maximum absolute atomic E-state index is 11.2.